The molecule has 0 atom stereocenters. The highest BCUT2D eigenvalue weighted by molar-refractivity contribution is 7.20. The van der Waals surface area contributed by atoms with Crippen molar-refractivity contribution >= 4 is 45.6 Å². The van der Waals surface area contributed by atoms with Crippen LogP contribution < -0.4 is 14.9 Å². The van der Waals surface area contributed by atoms with E-state index in [0.717, 1.165) is 0 Å². The number of benzene rings is 1. The molecule has 0 unspecified atom stereocenters. The number of ether oxygens (including phenoxy) is 2. The van der Waals surface area contributed by atoms with Gasteiger partial charge in [-0.3, -0.25) is 19.9 Å². The van der Waals surface area contributed by atoms with Crippen molar-refractivity contribution in [2.24, 2.45) is 5.10 Å². The minimum Gasteiger partial charge on any atom is -0.496 e. The van der Waals surface area contributed by atoms with Gasteiger partial charge >= 0.3 is 5.69 Å². The minimum atomic E-state index is -0.532. The number of nitro benzene ring substituents is 1. The highest BCUT2D eigenvalue weighted by Gasteiger charge is 2.24. The van der Waals surface area contributed by atoms with Gasteiger partial charge < -0.3 is 9.47 Å². The number of hydrogen-bond donors (Lipinski definition) is 1. The Labute approximate surface area is 184 Å². The second kappa shape index (κ2) is 8.58. The van der Waals surface area contributed by atoms with E-state index in [-0.39, 0.29) is 17.2 Å². The molecule has 0 aliphatic rings. The van der Waals surface area contributed by atoms with Crippen LogP contribution in [0.1, 0.15) is 5.69 Å². The zero-order valence-corrected chi connectivity index (χ0v) is 17.8. The lowest BCUT2D eigenvalue weighted by Gasteiger charge is -2.10. The van der Waals surface area contributed by atoms with E-state index in [1.54, 1.807) is 35.1 Å². The maximum atomic E-state index is 11.4. The molecule has 158 valence electrons. The molecule has 31 heavy (non-hydrogen) atoms. The first-order chi connectivity index (χ1) is 15.0. The fourth-order valence-corrected chi connectivity index (χ4v) is 3.98. The number of nitrogens with zero attached hydrogens (tertiary/aromatic N) is 5. The summed E-state index contributed by atoms with van der Waals surface area (Å²) in [5.41, 5.74) is 4.24. The van der Waals surface area contributed by atoms with Crippen molar-refractivity contribution in [2.45, 2.75) is 0 Å². The monoisotopic (exact) mass is 458 g/mol. The average molecular weight is 459 g/mol. The fraction of sp³-hybridized carbons (Fsp3) is 0.105. The van der Waals surface area contributed by atoms with Gasteiger partial charge in [-0.25, -0.2) is 9.97 Å². The van der Waals surface area contributed by atoms with Gasteiger partial charge in [0.15, 0.2) is 10.7 Å². The largest absolute Gasteiger partial charge is 0.496 e. The zero-order chi connectivity index (χ0) is 22.0. The Kier molecular flexibility index (Phi) is 5.69. The van der Waals surface area contributed by atoms with Gasteiger partial charge in [0.1, 0.15) is 21.6 Å². The molecular formula is C19H15ClN6O4S. The second-order valence-corrected chi connectivity index (χ2v) is 7.74. The van der Waals surface area contributed by atoms with E-state index in [1.165, 1.54) is 37.7 Å². The van der Waals surface area contributed by atoms with Gasteiger partial charge in [0, 0.05) is 24.0 Å². The Morgan fingerprint density at radius 3 is 2.77 bits per heavy atom. The van der Waals surface area contributed by atoms with Crippen LogP contribution in [0.25, 0.3) is 16.2 Å². The Balaban J connectivity index is 1.85. The van der Waals surface area contributed by atoms with Gasteiger partial charge in [0.25, 0.3) is 0 Å². The molecule has 3 aromatic heterocycles. The summed E-state index contributed by atoms with van der Waals surface area (Å²) in [7, 11) is 2.80. The van der Waals surface area contributed by atoms with Gasteiger partial charge in [-0.15, -0.1) is 0 Å². The van der Waals surface area contributed by atoms with Crippen LogP contribution in [0, 0.1) is 10.1 Å². The van der Waals surface area contributed by atoms with Gasteiger partial charge in [0.05, 0.1) is 37.1 Å². The van der Waals surface area contributed by atoms with Crippen LogP contribution >= 0.6 is 22.9 Å². The van der Waals surface area contributed by atoms with E-state index in [9.17, 15) is 10.1 Å². The van der Waals surface area contributed by atoms with Crippen molar-refractivity contribution in [3.8, 4) is 22.8 Å². The molecule has 0 aliphatic heterocycles. The SMILES string of the molecule is COc1cc([N+](=O)[O-])c(OC)cc1-c1nc2sc(Cl)cn2c1/C=N/Nc1ccccn1. The molecule has 0 amide bonds. The highest BCUT2D eigenvalue weighted by atomic mass is 35.5. The average Bonchev–Trinajstić information content (AvgIpc) is 3.29. The third-order valence-electron chi connectivity index (χ3n) is 4.32. The predicted molar refractivity (Wildman–Crippen MR) is 119 cm³/mol. The molecule has 0 spiro atoms. The van der Waals surface area contributed by atoms with E-state index in [0.29, 0.717) is 32.1 Å². The highest BCUT2D eigenvalue weighted by Crippen LogP contribution is 2.41. The van der Waals surface area contributed by atoms with Gasteiger partial charge in [0.2, 0.25) is 0 Å². The maximum absolute atomic E-state index is 11.4. The smallest absolute Gasteiger partial charge is 0.314 e. The number of hydrazone groups is 1. The molecule has 4 aromatic rings. The summed E-state index contributed by atoms with van der Waals surface area (Å²) in [5.74, 6) is 0.931. The van der Waals surface area contributed by atoms with Crippen LogP contribution in [-0.4, -0.2) is 39.7 Å². The molecular weight excluding hydrogens is 444 g/mol. The number of nitro groups is 1. The third kappa shape index (κ3) is 4.00. The van der Waals surface area contributed by atoms with Crippen molar-refractivity contribution in [2.75, 3.05) is 19.6 Å². The van der Waals surface area contributed by atoms with Crippen molar-refractivity contribution in [1.29, 1.82) is 0 Å². The number of fused-ring (bicyclic) bond motifs is 1. The summed E-state index contributed by atoms with van der Waals surface area (Å²) in [4.78, 5) is 20.3. The van der Waals surface area contributed by atoms with E-state index in [1.807, 2.05) is 6.07 Å². The molecule has 3 heterocycles. The number of methoxy groups -OCH3 is 2. The lowest BCUT2D eigenvalue weighted by molar-refractivity contribution is -0.385. The number of imidazole rings is 1. The molecule has 4 rings (SSSR count). The van der Waals surface area contributed by atoms with Crippen molar-refractivity contribution in [1.82, 2.24) is 14.4 Å². The first-order valence-corrected chi connectivity index (χ1v) is 9.99. The molecule has 1 N–H and O–H groups in total. The van der Waals surface area contributed by atoms with E-state index < -0.39 is 4.92 Å². The van der Waals surface area contributed by atoms with Gasteiger partial charge in [-0.05, 0) is 12.1 Å². The minimum absolute atomic E-state index is 0.0877. The third-order valence-corrected chi connectivity index (χ3v) is 5.42. The summed E-state index contributed by atoms with van der Waals surface area (Å²) in [6.45, 7) is 0. The lowest BCUT2D eigenvalue weighted by atomic mass is 10.1. The van der Waals surface area contributed by atoms with Gasteiger partial charge in [-0.1, -0.05) is 29.0 Å². The lowest BCUT2D eigenvalue weighted by Crippen LogP contribution is -2.00. The van der Waals surface area contributed by atoms with Crippen LogP contribution in [0.3, 0.4) is 0 Å². The number of rotatable bonds is 7. The van der Waals surface area contributed by atoms with Crippen LogP contribution in [0.4, 0.5) is 11.5 Å². The number of pyridine rings is 1. The topological polar surface area (TPSA) is 116 Å². The van der Waals surface area contributed by atoms with E-state index in [4.69, 9.17) is 21.1 Å². The molecule has 0 fully saturated rings. The van der Waals surface area contributed by atoms with Crippen molar-refractivity contribution in [3.63, 3.8) is 0 Å². The number of halogens is 1. The van der Waals surface area contributed by atoms with Crippen molar-refractivity contribution in [3.05, 3.63) is 62.9 Å². The Bertz CT molecular complexity index is 1290. The van der Waals surface area contributed by atoms with Gasteiger partial charge in [-0.2, -0.15) is 5.10 Å². The van der Waals surface area contributed by atoms with Crippen LogP contribution in [0.15, 0.2) is 47.8 Å². The number of anilines is 1. The zero-order valence-electron chi connectivity index (χ0n) is 16.3. The summed E-state index contributed by atoms with van der Waals surface area (Å²) >= 11 is 7.44. The molecule has 0 aliphatic carbocycles. The Hall–Kier alpha value is -3.70. The van der Waals surface area contributed by atoms with Crippen LogP contribution in [0.2, 0.25) is 4.34 Å². The second-order valence-electron chi connectivity index (χ2n) is 6.10. The maximum Gasteiger partial charge on any atom is 0.314 e. The summed E-state index contributed by atoms with van der Waals surface area (Å²) < 4.78 is 13.0. The number of hydrogen-bond acceptors (Lipinski definition) is 9. The van der Waals surface area contributed by atoms with E-state index >= 15 is 0 Å². The quantitative estimate of drug-likeness (QED) is 0.246. The van der Waals surface area contributed by atoms with E-state index in [2.05, 4.69) is 20.5 Å². The molecule has 0 saturated carbocycles. The van der Waals surface area contributed by atoms with Crippen LogP contribution in [0.5, 0.6) is 11.5 Å². The summed E-state index contributed by atoms with van der Waals surface area (Å²) in [6, 6.07) is 8.24. The Morgan fingerprint density at radius 2 is 2.10 bits per heavy atom. The molecule has 12 heteroatoms. The summed E-state index contributed by atoms with van der Waals surface area (Å²) in [5, 5.41) is 15.6. The molecule has 1 aromatic carbocycles. The molecule has 0 bridgehead atoms. The predicted octanol–water partition coefficient (Wildman–Crippen LogP) is 4.48. The normalized spacial score (nSPS) is 11.2. The number of nitrogens with one attached hydrogen (secondary N) is 1. The molecule has 10 nitrogen and oxygen atoms in total. The Morgan fingerprint density at radius 1 is 1.29 bits per heavy atom. The van der Waals surface area contributed by atoms with Crippen molar-refractivity contribution < 1.29 is 14.4 Å². The number of aromatic nitrogens is 3. The van der Waals surface area contributed by atoms with Crippen LogP contribution in [-0.2, 0) is 0 Å². The summed E-state index contributed by atoms with van der Waals surface area (Å²) in [6.07, 6.45) is 4.93. The standard InChI is InChI=1S/C19H15ClN6O4S/c1-29-14-8-12(26(27)28)15(30-2)7-11(14)18-13(25-10-16(20)31-19(25)23-18)9-22-24-17-5-3-4-6-21-17/h3-10H,1-2H3,(H,21,24)/b22-9+. The molecule has 0 saturated heterocycles. The fourth-order valence-electron chi connectivity index (χ4n) is 2.96. The number of thiazole rings is 1. The molecule has 0 radical (unpaired) electrons. The first kappa shape index (κ1) is 20.6. The first-order valence-electron chi connectivity index (χ1n) is 8.80.